The van der Waals surface area contributed by atoms with E-state index in [-0.39, 0.29) is 18.3 Å². The Hall–Kier alpha value is -1.79. The number of carboxylic acid groups (broad SMARTS) is 1. The fourth-order valence-corrected chi connectivity index (χ4v) is 1.27. The second kappa shape index (κ2) is 7.72. The maximum atomic E-state index is 11.7. The lowest BCUT2D eigenvalue weighted by Gasteiger charge is -2.29. The van der Waals surface area contributed by atoms with Gasteiger partial charge in [0.15, 0.2) is 0 Å². The Morgan fingerprint density at radius 1 is 1.25 bits per heavy atom. The molecule has 0 fully saturated rings. The van der Waals surface area contributed by atoms with Crippen molar-refractivity contribution in [1.82, 2.24) is 10.6 Å². The van der Waals surface area contributed by atoms with E-state index in [1.807, 2.05) is 27.7 Å². The minimum absolute atomic E-state index is 0.0222. The Morgan fingerprint density at radius 2 is 1.80 bits per heavy atom. The number of amides is 3. The number of carbonyl (C=O) groups excluding carboxylic acids is 2. The zero-order valence-electron chi connectivity index (χ0n) is 12.5. The summed E-state index contributed by atoms with van der Waals surface area (Å²) in [5.74, 6) is -1.42. The summed E-state index contributed by atoms with van der Waals surface area (Å²) in [4.78, 5) is 33.3. The Labute approximate surface area is 119 Å². The molecule has 5 N–H and O–H groups in total. The summed E-state index contributed by atoms with van der Waals surface area (Å²) in [7, 11) is 0. The van der Waals surface area contributed by atoms with E-state index in [1.54, 1.807) is 0 Å². The lowest BCUT2D eigenvalue weighted by atomic mass is 9.81. The van der Waals surface area contributed by atoms with Gasteiger partial charge in [0.25, 0.3) is 0 Å². The predicted molar refractivity (Wildman–Crippen MR) is 75.0 cm³/mol. The lowest BCUT2D eigenvalue weighted by Crippen LogP contribution is -2.48. The molecule has 0 aliphatic heterocycles. The average Bonchev–Trinajstić information content (AvgIpc) is 2.31. The van der Waals surface area contributed by atoms with Crippen LogP contribution in [-0.4, -0.2) is 35.6 Å². The van der Waals surface area contributed by atoms with Gasteiger partial charge in [-0.3, -0.25) is 4.79 Å². The van der Waals surface area contributed by atoms with Gasteiger partial charge in [0.1, 0.15) is 6.04 Å². The van der Waals surface area contributed by atoms with Crippen LogP contribution < -0.4 is 16.4 Å². The van der Waals surface area contributed by atoms with Crippen molar-refractivity contribution < 1.29 is 19.5 Å². The lowest BCUT2D eigenvalue weighted by molar-refractivity contribution is -0.139. The van der Waals surface area contributed by atoms with Gasteiger partial charge in [-0.05, 0) is 17.8 Å². The summed E-state index contributed by atoms with van der Waals surface area (Å²) < 4.78 is 0. The highest BCUT2D eigenvalue weighted by Gasteiger charge is 2.25. The molecule has 0 saturated carbocycles. The molecule has 7 heteroatoms. The molecule has 0 rings (SSSR count). The Morgan fingerprint density at radius 3 is 2.20 bits per heavy atom. The van der Waals surface area contributed by atoms with Crippen molar-refractivity contribution in [1.29, 1.82) is 0 Å². The summed E-state index contributed by atoms with van der Waals surface area (Å²) in [6.45, 7) is 8.55. The zero-order valence-corrected chi connectivity index (χ0v) is 12.5. The molecule has 0 aromatic heterocycles. The normalized spacial score (nSPS) is 12.8. The van der Waals surface area contributed by atoms with Crippen LogP contribution in [0.4, 0.5) is 4.79 Å². The van der Waals surface area contributed by atoms with Gasteiger partial charge in [0.2, 0.25) is 5.91 Å². The molecule has 0 radical (unpaired) electrons. The molecule has 0 aliphatic rings. The first-order valence-corrected chi connectivity index (χ1v) is 6.61. The summed E-state index contributed by atoms with van der Waals surface area (Å²) in [5.41, 5.74) is 4.87. The number of hydrogen-bond acceptors (Lipinski definition) is 3. The van der Waals surface area contributed by atoms with Crippen molar-refractivity contribution >= 4 is 17.9 Å². The number of rotatable bonds is 8. The Balaban J connectivity index is 4.33. The highest BCUT2D eigenvalue weighted by Crippen LogP contribution is 2.24. The van der Waals surface area contributed by atoms with E-state index < -0.39 is 23.9 Å². The number of urea groups is 1. The van der Waals surface area contributed by atoms with Crippen LogP contribution in [0.2, 0.25) is 0 Å². The van der Waals surface area contributed by atoms with Crippen LogP contribution >= 0.6 is 0 Å². The van der Waals surface area contributed by atoms with Crippen LogP contribution in [0.25, 0.3) is 0 Å². The Kier molecular flexibility index (Phi) is 7.02. The molecule has 7 nitrogen and oxygen atoms in total. The molecule has 116 valence electrons. The van der Waals surface area contributed by atoms with E-state index >= 15 is 0 Å². The van der Waals surface area contributed by atoms with Gasteiger partial charge in [0, 0.05) is 13.0 Å². The van der Waals surface area contributed by atoms with Gasteiger partial charge in [0.05, 0.1) is 0 Å². The van der Waals surface area contributed by atoms with E-state index in [2.05, 4.69) is 10.6 Å². The molecule has 0 aromatic carbocycles. The third kappa shape index (κ3) is 6.96. The molecule has 0 spiro atoms. The van der Waals surface area contributed by atoms with Crippen LogP contribution in [0, 0.1) is 11.3 Å². The fraction of sp³-hybridized carbons (Fsp3) is 0.769. The highest BCUT2D eigenvalue weighted by atomic mass is 16.4. The number of hydrogen-bond donors (Lipinski definition) is 4. The third-order valence-corrected chi connectivity index (χ3v) is 3.55. The van der Waals surface area contributed by atoms with E-state index in [9.17, 15) is 14.4 Å². The largest absolute Gasteiger partial charge is 0.480 e. The number of aliphatic carboxylic acids is 1. The summed E-state index contributed by atoms with van der Waals surface area (Å²) in [6.07, 6.45) is -0.111. The SMILES string of the molecule is CC(C)C(C)(C)CNC(=O)N[C@@H](CCC(N)=O)C(=O)O. The molecular weight excluding hydrogens is 262 g/mol. The summed E-state index contributed by atoms with van der Waals surface area (Å²) in [5, 5.41) is 13.9. The Bertz CT molecular complexity index is 367. The van der Waals surface area contributed by atoms with Crippen molar-refractivity contribution in [2.24, 2.45) is 17.1 Å². The number of nitrogens with two attached hydrogens (primary N) is 1. The predicted octanol–water partition coefficient (Wildman–Crippen LogP) is 0.687. The molecular formula is C13H25N3O4. The first-order chi connectivity index (χ1) is 9.06. The van der Waals surface area contributed by atoms with Crippen LogP contribution in [0.1, 0.15) is 40.5 Å². The third-order valence-electron chi connectivity index (χ3n) is 3.55. The molecule has 3 amide bonds. The van der Waals surface area contributed by atoms with Gasteiger partial charge < -0.3 is 21.5 Å². The molecule has 20 heavy (non-hydrogen) atoms. The van der Waals surface area contributed by atoms with Crippen LogP contribution in [0.3, 0.4) is 0 Å². The molecule has 0 saturated heterocycles. The molecule has 0 unspecified atom stereocenters. The highest BCUT2D eigenvalue weighted by molar-refractivity contribution is 5.83. The standard InChI is InChI=1S/C13H25N3O4/c1-8(2)13(3,4)7-15-12(20)16-9(11(18)19)5-6-10(14)17/h8-9H,5-7H2,1-4H3,(H2,14,17)(H,18,19)(H2,15,16,20)/t9-/m0/s1. The van der Waals surface area contributed by atoms with Crippen LogP contribution in [0.5, 0.6) is 0 Å². The van der Waals surface area contributed by atoms with E-state index in [1.165, 1.54) is 0 Å². The second-order valence-electron chi connectivity index (χ2n) is 5.87. The fourth-order valence-electron chi connectivity index (χ4n) is 1.27. The van der Waals surface area contributed by atoms with Crippen molar-refractivity contribution in [3.05, 3.63) is 0 Å². The van der Waals surface area contributed by atoms with Gasteiger partial charge in [-0.2, -0.15) is 0 Å². The topological polar surface area (TPSA) is 122 Å². The smallest absolute Gasteiger partial charge is 0.326 e. The van der Waals surface area contributed by atoms with Crippen LogP contribution in [0.15, 0.2) is 0 Å². The zero-order chi connectivity index (χ0) is 15.9. The first-order valence-electron chi connectivity index (χ1n) is 6.61. The van der Waals surface area contributed by atoms with Gasteiger partial charge in [-0.25, -0.2) is 9.59 Å². The van der Waals surface area contributed by atoms with Crippen LogP contribution in [-0.2, 0) is 9.59 Å². The number of carboxylic acids is 1. The molecule has 0 heterocycles. The van der Waals surface area contributed by atoms with Crippen molar-refractivity contribution in [2.75, 3.05) is 6.54 Å². The van der Waals surface area contributed by atoms with Gasteiger partial charge >= 0.3 is 12.0 Å². The minimum atomic E-state index is -1.19. The van der Waals surface area contributed by atoms with Crippen molar-refractivity contribution in [2.45, 2.75) is 46.6 Å². The van der Waals surface area contributed by atoms with Gasteiger partial charge in [-0.1, -0.05) is 27.7 Å². The number of primary amides is 1. The molecule has 0 aromatic rings. The molecule has 1 atom stereocenters. The quantitative estimate of drug-likeness (QED) is 0.524. The molecule has 0 aliphatic carbocycles. The van der Waals surface area contributed by atoms with Gasteiger partial charge in [-0.15, -0.1) is 0 Å². The maximum absolute atomic E-state index is 11.7. The summed E-state index contributed by atoms with van der Waals surface area (Å²) in [6, 6.07) is -1.68. The maximum Gasteiger partial charge on any atom is 0.326 e. The number of nitrogens with one attached hydrogen (secondary N) is 2. The van der Waals surface area contributed by atoms with E-state index in [4.69, 9.17) is 10.8 Å². The van der Waals surface area contributed by atoms with Crippen molar-refractivity contribution in [3.63, 3.8) is 0 Å². The monoisotopic (exact) mass is 287 g/mol. The first kappa shape index (κ1) is 18.2. The molecule has 0 bridgehead atoms. The van der Waals surface area contributed by atoms with E-state index in [0.29, 0.717) is 12.5 Å². The minimum Gasteiger partial charge on any atom is -0.480 e. The van der Waals surface area contributed by atoms with E-state index in [0.717, 1.165) is 0 Å². The number of carbonyl (C=O) groups is 3. The van der Waals surface area contributed by atoms with Crippen molar-refractivity contribution in [3.8, 4) is 0 Å². The average molecular weight is 287 g/mol. The second-order valence-corrected chi connectivity index (χ2v) is 5.87. The summed E-state index contributed by atoms with van der Waals surface area (Å²) >= 11 is 0.